The van der Waals surface area contributed by atoms with Crippen LogP contribution < -0.4 is 16.0 Å². The Kier molecular flexibility index (Phi) is 7.40. The van der Waals surface area contributed by atoms with Crippen LogP contribution in [-0.2, 0) is 18.6 Å². The van der Waals surface area contributed by atoms with Gasteiger partial charge in [0.15, 0.2) is 5.82 Å². The molecule has 4 rings (SSSR count). The third kappa shape index (κ3) is 5.25. The van der Waals surface area contributed by atoms with E-state index < -0.39 is 43.0 Å². The quantitative estimate of drug-likeness (QED) is 0.250. The van der Waals surface area contributed by atoms with Crippen molar-refractivity contribution in [2.24, 2.45) is 5.92 Å². The fourth-order valence-electron chi connectivity index (χ4n) is 3.80. The van der Waals surface area contributed by atoms with Gasteiger partial charge in [0, 0.05) is 5.92 Å². The van der Waals surface area contributed by atoms with Crippen LogP contribution in [0, 0.1) is 5.92 Å². The van der Waals surface area contributed by atoms with Crippen molar-refractivity contribution >= 4 is 46.6 Å². The molecule has 194 valence electrons. The molecule has 0 radical (unpaired) electrons. The number of carbonyl (C=O) groups is 1. The predicted octanol–water partition coefficient (Wildman–Crippen LogP) is 3.27. The maximum Gasteiger partial charge on any atom is 0.379 e. The number of benzene rings is 1. The van der Waals surface area contributed by atoms with Gasteiger partial charge in [0.2, 0.25) is 10.5 Å². The van der Waals surface area contributed by atoms with Gasteiger partial charge in [-0.25, -0.2) is 13.5 Å². The van der Waals surface area contributed by atoms with E-state index in [2.05, 4.69) is 26.0 Å². The molecular weight excluding hydrogens is 560 g/mol. The van der Waals surface area contributed by atoms with Crippen molar-refractivity contribution in [3.63, 3.8) is 0 Å². The zero-order chi connectivity index (χ0) is 26.3. The molecule has 0 amide bonds. The number of aromatic nitrogens is 3. The average molecular weight is 586 g/mol. The Morgan fingerprint density at radius 3 is 2.69 bits per heavy atom. The number of hydrogen-bond acceptors (Lipinski definition) is 10. The topological polar surface area (TPSA) is 164 Å². The van der Waals surface area contributed by atoms with Gasteiger partial charge in [-0.3, -0.25) is 9.32 Å². The van der Waals surface area contributed by atoms with E-state index in [1.807, 2.05) is 0 Å². The number of nitrogens with two attached hydrogens (primary N) is 2. The third-order valence-electron chi connectivity index (χ3n) is 5.87. The minimum atomic E-state index is -3.91. The molecule has 1 aromatic carbocycles. The summed E-state index contributed by atoms with van der Waals surface area (Å²) in [5.74, 6) is -0.590. The SMILES string of the molecule is CC(=O)[C@H](C)CP(=O)(OC[C@H]1O[C@@H](c2ccc3c(N)nc(N)nn23)[C@@](F)(Br)C1O)Oc1ccccc1. The fourth-order valence-corrected chi connectivity index (χ4v) is 6.42. The molecule has 1 fully saturated rings. The normalized spacial score (nSPS) is 26.5. The monoisotopic (exact) mass is 585 g/mol. The van der Waals surface area contributed by atoms with Crippen LogP contribution >= 0.6 is 23.5 Å². The Morgan fingerprint density at radius 2 is 2.03 bits per heavy atom. The van der Waals surface area contributed by atoms with Gasteiger partial charge in [-0.1, -0.05) is 25.1 Å². The highest BCUT2D eigenvalue weighted by atomic mass is 79.9. The molecule has 1 aliphatic heterocycles. The van der Waals surface area contributed by atoms with Crippen molar-refractivity contribution in [3.8, 4) is 5.75 Å². The van der Waals surface area contributed by atoms with Gasteiger partial charge in [0.25, 0.3) is 0 Å². The summed E-state index contributed by atoms with van der Waals surface area (Å²) < 4.78 is 45.2. The number of Topliss-reactive ketones (excluding diaryl/α,β-unsaturated/α-hetero) is 1. The van der Waals surface area contributed by atoms with Crippen molar-refractivity contribution in [3.05, 3.63) is 48.2 Å². The van der Waals surface area contributed by atoms with Gasteiger partial charge in [-0.05, 0) is 47.1 Å². The molecule has 0 spiro atoms. The lowest BCUT2D eigenvalue weighted by Crippen LogP contribution is -2.37. The first-order valence-electron chi connectivity index (χ1n) is 11.0. The molecule has 36 heavy (non-hydrogen) atoms. The number of ketones is 1. The smallest absolute Gasteiger partial charge is 0.379 e. The number of aliphatic hydroxyl groups is 1. The first kappa shape index (κ1) is 26.5. The van der Waals surface area contributed by atoms with Crippen molar-refractivity contribution in [2.45, 2.75) is 36.7 Å². The summed E-state index contributed by atoms with van der Waals surface area (Å²) >= 11 is 2.93. The molecule has 1 saturated heterocycles. The van der Waals surface area contributed by atoms with Gasteiger partial charge in [-0.15, -0.1) is 5.10 Å². The highest BCUT2D eigenvalue weighted by Crippen LogP contribution is 2.53. The van der Waals surface area contributed by atoms with Gasteiger partial charge in [-0.2, -0.15) is 4.98 Å². The molecule has 6 atom stereocenters. The lowest BCUT2D eigenvalue weighted by Gasteiger charge is -2.24. The molecule has 2 aromatic heterocycles. The predicted molar refractivity (Wildman–Crippen MR) is 134 cm³/mol. The van der Waals surface area contributed by atoms with Gasteiger partial charge in [0.05, 0.1) is 18.5 Å². The van der Waals surface area contributed by atoms with Crippen molar-refractivity contribution in [1.82, 2.24) is 14.6 Å². The van der Waals surface area contributed by atoms with Gasteiger partial charge in [0.1, 0.15) is 35.4 Å². The number of carbonyl (C=O) groups excluding carboxylic acids is 1. The summed E-state index contributed by atoms with van der Waals surface area (Å²) in [6.45, 7) is 2.50. The van der Waals surface area contributed by atoms with Crippen LogP contribution in [0.5, 0.6) is 5.75 Å². The zero-order valence-corrected chi connectivity index (χ0v) is 21.9. The van der Waals surface area contributed by atoms with Crippen molar-refractivity contribution in [1.29, 1.82) is 0 Å². The van der Waals surface area contributed by atoms with Crippen LogP contribution in [0.2, 0.25) is 0 Å². The Balaban J connectivity index is 1.57. The number of para-hydroxylation sites is 1. The molecule has 0 aliphatic carbocycles. The highest BCUT2D eigenvalue weighted by Gasteiger charge is 2.57. The standard InChI is InChI=1S/C22H26BrFN5O6P/c1-12(13(2)30)11-36(32,35-14-6-4-3-5-7-14)33-10-17-18(31)22(23,24)19(34-17)15-8-9-16-20(25)27-21(26)28-29(15)16/h3-9,12,17-19,31H,10-11H2,1-2H3,(H4,25,26,27,28)/t12-,17-,18?,19+,22-,36?/m1/s1. The largest absolute Gasteiger partial charge is 0.424 e. The lowest BCUT2D eigenvalue weighted by molar-refractivity contribution is -0.119. The maximum absolute atomic E-state index is 15.7. The van der Waals surface area contributed by atoms with Crippen LogP contribution in [-0.4, -0.2) is 55.0 Å². The second-order valence-electron chi connectivity index (χ2n) is 8.59. The summed E-state index contributed by atoms with van der Waals surface area (Å²) in [4.78, 5) is 15.7. The fraction of sp³-hybridized carbons (Fsp3) is 0.409. The second-order valence-corrected chi connectivity index (χ2v) is 11.8. The molecule has 2 unspecified atom stereocenters. The number of nitrogen functional groups attached to an aromatic ring is 2. The van der Waals surface area contributed by atoms with E-state index >= 15 is 4.39 Å². The van der Waals surface area contributed by atoms with E-state index in [-0.39, 0.29) is 35.2 Å². The number of hydrogen-bond donors (Lipinski definition) is 3. The Labute approximate surface area is 214 Å². The summed E-state index contributed by atoms with van der Waals surface area (Å²) in [6, 6.07) is 11.4. The first-order valence-corrected chi connectivity index (χ1v) is 13.5. The van der Waals surface area contributed by atoms with Crippen LogP contribution in [0.1, 0.15) is 25.6 Å². The lowest BCUT2D eigenvalue weighted by atomic mass is 10.1. The number of aliphatic hydroxyl groups excluding tert-OH is 1. The molecule has 3 aromatic rings. The first-order chi connectivity index (χ1) is 16.9. The van der Waals surface area contributed by atoms with Crippen LogP contribution in [0.4, 0.5) is 16.2 Å². The molecule has 5 N–H and O–H groups in total. The summed E-state index contributed by atoms with van der Waals surface area (Å²) in [5, 5.41) is 14.8. The van der Waals surface area contributed by atoms with Crippen LogP contribution in [0.25, 0.3) is 5.52 Å². The minimum Gasteiger partial charge on any atom is -0.424 e. The average Bonchev–Trinajstić information content (AvgIpc) is 3.31. The number of nitrogens with zero attached hydrogens (tertiary/aromatic N) is 3. The molecule has 0 bridgehead atoms. The summed E-state index contributed by atoms with van der Waals surface area (Å²) in [5.41, 5.74) is 12.1. The number of anilines is 2. The van der Waals surface area contributed by atoms with E-state index in [9.17, 15) is 14.5 Å². The Morgan fingerprint density at radius 1 is 1.33 bits per heavy atom. The zero-order valence-electron chi connectivity index (χ0n) is 19.5. The number of rotatable bonds is 9. The van der Waals surface area contributed by atoms with E-state index in [4.69, 9.17) is 25.3 Å². The van der Waals surface area contributed by atoms with Gasteiger partial charge >= 0.3 is 7.60 Å². The van der Waals surface area contributed by atoms with E-state index in [0.717, 1.165) is 0 Å². The Bertz CT molecular complexity index is 1310. The van der Waals surface area contributed by atoms with Crippen LogP contribution in [0.3, 0.4) is 0 Å². The summed E-state index contributed by atoms with van der Waals surface area (Å²) in [6.07, 6.45) is -4.54. The number of fused-ring (bicyclic) bond motifs is 1. The second kappa shape index (κ2) is 10.1. The number of halogens is 2. The number of ether oxygens (including phenoxy) is 1. The molecule has 0 saturated carbocycles. The Hall–Kier alpha value is -2.57. The summed E-state index contributed by atoms with van der Waals surface area (Å²) in [7, 11) is -3.91. The molecule has 11 nitrogen and oxygen atoms in total. The molecule has 1 aliphatic rings. The van der Waals surface area contributed by atoms with E-state index in [1.165, 1.54) is 17.5 Å². The third-order valence-corrected chi connectivity index (χ3v) is 8.79. The van der Waals surface area contributed by atoms with Crippen LogP contribution in [0.15, 0.2) is 42.5 Å². The van der Waals surface area contributed by atoms with E-state index in [1.54, 1.807) is 43.3 Å². The minimum absolute atomic E-state index is 0.0878. The number of alkyl halides is 2. The van der Waals surface area contributed by atoms with Gasteiger partial charge < -0.3 is 25.8 Å². The maximum atomic E-state index is 15.7. The van der Waals surface area contributed by atoms with E-state index in [0.29, 0.717) is 5.52 Å². The molecule has 3 heterocycles. The highest BCUT2D eigenvalue weighted by molar-refractivity contribution is 9.10. The molecule has 14 heteroatoms. The van der Waals surface area contributed by atoms with Crippen molar-refractivity contribution < 1.29 is 32.6 Å². The van der Waals surface area contributed by atoms with Crippen molar-refractivity contribution in [2.75, 3.05) is 24.2 Å². The molecular formula is C22H26BrFN5O6P.